The molecule has 1 aliphatic carbocycles. The van der Waals surface area contributed by atoms with Gasteiger partial charge >= 0.3 is 0 Å². The molecule has 0 aromatic heterocycles. The molecule has 2 N–H and O–H groups in total. The first-order valence-corrected chi connectivity index (χ1v) is 12.5. The molecular formula is C31H29FN2O4. The summed E-state index contributed by atoms with van der Waals surface area (Å²) in [5.74, 6) is -0.294. The van der Waals surface area contributed by atoms with E-state index in [-0.39, 0.29) is 17.6 Å². The third kappa shape index (κ3) is 4.79. The summed E-state index contributed by atoms with van der Waals surface area (Å²) in [5.41, 5.74) is 4.68. The molecule has 3 aromatic rings. The highest BCUT2D eigenvalue weighted by molar-refractivity contribution is 6.10. The van der Waals surface area contributed by atoms with Gasteiger partial charge in [0, 0.05) is 46.3 Å². The van der Waals surface area contributed by atoms with Crippen LogP contribution >= 0.6 is 0 Å². The number of hydrogen-bond donors (Lipinski definition) is 2. The number of carbonyl (C=O) groups is 2. The zero-order valence-electron chi connectivity index (χ0n) is 21.5. The molecule has 194 valence electrons. The van der Waals surface area contributed by atoms with Crippen LogP contribution in [0.3, 0.4) is 0 Å². The van der Waals surface area contributed by atoms with Crippen LogP contribution in [0.2, 0.25) is 0 Å². The zero-order valence-corrected chi connectivity index (χ0v) is 21.5. The van der Waals surface area contributed by atoms with Crippen LogP contribution in [0.5, 0.6) is 11.5 Å². The molecule has 1 amide bonds. The summed E-state index contributed by atoms with van der Waals surface area (Å²) in [6.45, 7) is 1.84. The number of carbonyl (C=O) groups excluding carboxylic acids is 2. The molecule has 1 aliphatic heterocycles. The van der Waals surface area contributed by atoms with Crippen molar-refractivity contribution in [3.05, 3.63) is 112 Å². The lowest BCUT2D eigenvalue weighted by atomic mass is 9.71. The quantitative estimate of drug-likeness (QED) is 0.434. The van der Waals surface area contributed by atoms with Gasteiger partial charge in [0.05, 0.1) is 20.1 Å². The minimum atomic E-state index is -0.656. The van der Waals surface area contributed by atoms with Crippen LogP contribution in [-0.4, -0.2) is 25.9 Å². The monoisotopic (exact) mass is 512 g/mol. The Morgan fingerprint density at radius 1 is 0.974 bits per heavy atom. The molecule has 2 atom stereocenters. The third-order valence-corrected chi connectivity index (χ3v) is 7.20. The minimum absolute atomic E-state index is 0.0185. The molecule has 0 spiro atoms. The van der Waals surface area contributed by atoms with E-state index in [1.807, 2.05) is 43.3 Å². The number of allylic oxidation sites excluding steroid dienone is 3. The predicted molar refractivity (Wildman–Crippen MR) is 144 cm³/mol. The van der Waals surface area contributed by atoms with Crippen molar-refractivity contribution in [3.8, 4) is 11.5 Å². The first-order chi connectivity index (χ1) is 18.4. The molecule has 0 bridgehead atoms. The van der Waals surface area contributed by atoms with Crippen molar-refractivity contribution >= 4 is 17.4 Å². The largest absolute Gasteiger partial charge is 0.497 e. The van der Waals surface area contributed by atoms with Crippen LogP contribution in [0.1, 0.15) is 42.7 Å². The Kier molecular flexibility index (Phi) is 7.01. The summed E-state index contributed by atoms with van der Waals surface area (Å²) in [7, 11) is 3.12. The van der Waals surface area contributed by atoms with Gasteiger partial charge in [-0.2, -0.15) is 0 Å². The van der Waals surface area contributed by atoms with Gasteiger partial charge in [0.2, 0.25) is 0 Å². The Labute approximate surface area is 221 Å². The number of nitrogens with one attached hydrogen (secondary N) is 2. The first kappa shape index (κ1) is 25.3. The first-order valence-electron chi connectivity index (χ1n) is 12.5. The number of anilines is 1. The number of ether oxygens (including phenoxy) is 2. The Morgan fingerprint density at radius 2 is 1.71 bits per heavy atom. The lowest BCUT2D eigenvalue weighted by Crippen LogP contribution is -2.37. The van der Waals surface area contributed by atoms with E-state index in [2.05, 4.69) is 10.6 Å². The van der Waals surface area contributed by atoms with E-state index >= 15 is 0 Å². The molecule has 38 heavy (non-hydrogen) atoms. The van der Waals surface area contributed by atoms with Gasteiger partial charge in [0.25, 0.3) is 5.91 Å². The highest BCUT2D eigenvalue weighted by atomic mass is 19.1. The second-order valence-corrected chi connectivity index (χ2v) is 9.50. The topological polar surface area (TPSA) is 76.7 Å². The molecule has 3 aromatic carbocycles. The molecular weight excluding hydrogens is 483 g/mol. The SMILES string of the molecule is COc1ccc([C@@H]2C(C(=O)Nc3ccc(F)cc3)=C(C)NC3=C2C(=O)C[C@H](c2ccccc2)C3)c(OC)c1. The number of dihydropyridines is 1. The Bertz CT molecular complexity index is 1440. The molecule has 7 heteroatoms. The Balaban J connectivity index is 1.61. The average Bonchev–Trinajstić information content (AvgIpc) is 2.93. The number of rotatable bonds is 6. The van der Waals surface area contributed by atoms with Crippen molar-refractivity contribution in [1.82, 2.24) is 5.32 Å². The van der Waals surface area contributed by atoms with E-state index in [1.165, 1.54) is 24.3 Å². The molecule has 0 saturated carbocycles. The van der Waals surface area contributed by atoms with Crippen molar-refractivity contribution in [3.63, 3.8) is 0 Å². The number of hydrogen-bond acceptors (Lipinski definition) is 5. The van der Waals surface area contributed by atoms with Crippen LogP contribution in [-0.2, 0) is 9.59 Å². The number of ketones is 1. The van der Waals surface area contributed by atoms with Crippen LogP contribution in [0, 0.1) is 5.82 Å². The molecule has 1 heterocycles. The van der Waals surface area contributed by atoms with Gasteiger partial charge < -0.3 is 20.1 Å². The Hall–Kier alpha value is -4.39. The number of halogens is 1. The summed E-state index contributed by atoms with van der Waals surface area (Å²) in [6, 6.07) is 21.0. The van der Waals surface area contributed by atoms with Crippen LogP contribution in [0.4, 0.5) is 10.1 Å². The maximum Gasteiger partial charge on any atom is 0.254 e. The molecule has 0 saturated heterocycles. The zero-order chi connectivity index (χ0) is 26.8. The Morgan fingerprint density at radius 3 is 2.39 bits per heavy atom. The van der Waals surface area contributed by atoms with Crippen LogP contribution in [0.25, 0.3) is 0 Å². The van der Waals surface area contributed by atoms with Crippen LogP contribution < -0.4 is 20.1 Å². The van der Waals surface area contributed by atoms with E-state index in [1.54, 1.807) is 26.4 Å². The van der Waals surface area contributed by atoms with Crippen LogP contribution in [0.15, 0.2) is 95.3 Å². The van der Waals surface area contributed by atoms with Crippen molar-refractivity contribution in [1.29, 1.82) is 0 Å². The van der Waals surface area contributed by atoms with E-state index in [0.29, 0.717) is 52.4 Å². The summed E-state index contributed by atoms with van der Waals surface area (Å²) >= 11 is 0. The molecule has 0 radical (unpaired) electrons. The lowest BCUT2D eigenvalue weighted by Gasteiger charge is -2.37. The van der Waals surface area contributed by atoms with E-state index in [9.17, 15) is 14.0 Å². The highest BCUT2D eigenvalue weighted by Crippen LogP contribution is 2.48. The number of Topliss-reactive ketones (excluding diaryl/α,β-unsaturated/α-hetero) is 1. The van der Waals surface area contributed by atoms with E-state index in [0.717, 1.165) is 11.3 Å². The second-order valence-electron chi connectivity index (χ2n) is 9.50. The van der Waals surface area contributed by atoms with Gasteiger partial charge in [-0.1, -0.05) is 36.4 Å². The third-order valence-electron chi connectivity index (χ3n) is 7.20. The fraction of sp³-hybridized carbons (Fsp3) is 0.226. The second kappa shape index (κ2) is 10.5. The van der Waals surface area contributed by atoms with Crippen molar-refractivity contribution in [2.24, 2.45) is 0 Å². The lowest BCUT2D eigenvalue weighted by molar-refractivity contribution is -0.116. The maximum atomic E-state index is 13.8. The van der Waals surface area contributed by atoms with Gasteiger partial charge in [-0.25, -0.2) is 4.39 Å². The standard InChI is InChI=1S/C31H29FN2O4/c1-18-28(31(36)34-22-11-9-21(32)10-12-22)29(24-14-13-23(37-2)17-27(24)38-3)30-25(33-18)15-20(16-26(30)35)19-7-5-4-6-8-19/h4-14,17,20,29,33H,15-16H2,1-3H3,(H,34,36)/t20-,29-/m1/s1. The summed E-state index contributed by atoms with van der Waals surface area (Å²) in [5, 5.41) is 6.26. The summed E-state index contributed by atoms with van der Waals surface area (Å²) in [4.78, 5) is 27.6. The molecule has 6 nitrogen and oxygen atoms in total. The molecule has 0 unspecified atom stereocenters. The average molecular weight is 513 g/mol. The smallest absolute Gasteiger partial charge is 0.254 e. The number of methoxy groups -OCH3 is 2. The van der Waals surface area contributed by atoms with E-state index in [4.69, 9.17) is 9.47 Å². The van der Waals surface area contributed by atoms with Gasteiger partial charge in [-0.3, -0.25) is 9.59 Å². The van der Waals surface area contributed by atoms with Crippen molar-refractivity contribution in [2.75, 3.05) is 19.5 Å². The maximum absolute atomic E-state index is 13.8. The van der Waals surface area contributed by atoms with Gasteiger partial charge in [0.1, 0.15) is 17.3 Å². The number of amides is 1. The summed E-state index contributed by atoms with van der Waals surface area (Å²) in [6.07, 6.45) is 0.982. The number of benzene rings is 3. The molecule has 0 fully saturated rings. The predicted octanol–water partition coefficient (Wildman–Crippen LogP) is 5.84. The summed E-state index contributed by atoms with van der Waals surface area (Å²) < 4.78 is 24.5. The fourth-order valence-corrected chi connectivity index (χ4v) is 5.40. The fourth-order valence-electron chi connectivity index (χ4n) is 5.40. The molecule has 5 rings (SSSR count). The van der Waals surface area contributed by atoms with Gasteiger partial charge in [-0.05, 0) is 55.2 Å². The van der Waals surface area contributed by atoms with Gasteiger partial charge in [-0.15, -0.1) is 0 Å². The van der Waals surface area contributed by atoms with Gasteiger partial charge in [0.15, 0.2) is 5.78 Å². The normalized spacial score (nSPS) is 19.0. The minimum Gasteiger partial charge on any atom is -0.497 e. The highest BCUT2D eigenvalue weighted by Gasteiger charge is 2.42. The molecule has 2 aliphatic rings. The van der Waals surface area contributed by atoms with Crippen molar-refractivity contribution < 1.29 is 23.5 Å². The van der Waals surface area contributed by atoms with E-state index < -0.39 is 11.7 Å². The van der Waals surface area contributed by atoms with Crippen molar-refractivity contribution in [2.45, 2.75) is 31.6 Å².